The molecule has 0 spiro atoms. The molecule has 1 amide bonds. The molecular formula is C21H28ClIN4O. The van der Waals surface area contributed by atoms with Gasteiger partial charge in [0.25, 0.3) is 5.91 Å². The van der Waals surface area contributed by atoms with E-state index in [2.05, 4.69) is 59.1 Å². The van der Waals surface area contributed by atoms with Gasteiger partial charge in [-0.15, -0.1) is 24.0 Å². The van der Waals surface area contributed by atoms with Crippen LogP contribution in [0.25, 0.3) is 0 Å². The Hall–Kier alpha value is -1.80. The zero-order valence-corrected chi connectivity index (χ0v) is 19.5. The Balaban J connectivity index is 0.00000392. The largest absolute Gasteiger partial charge is 0.356 e. The molecule has 2 aromatic rings. The van der Waals surface area contributed by atoms with Crippen LogP contribution in [0.5, 0.6) is 0 Å². The molecule has 0 saturated heterocycles. The molecule has 0 aromatic heterocycles. The van der Waals surface area contributed by atoms with Crippen LogP contribution in [0.1, 0.15) is 34.3 Å². The zero-order valence-electron chi connectivity index (χ0n) is 16.5. The van der Waals surface area contributed by atoms with E-state index in [-0.39, 0.29) is 29.9 Å². The average Bonchev–Trinajstić information content (AvgIpc) is 2.68. The summed E-state index contributed by atoms with van der Waals surface area (Å²) >= 11 is 6.03. The number of nitrogens with one attached hydrogen (secondary N) is 3. The molecule has 1 unspecified atom stereocenters. The maximum Gasteiger partial charge on any atom is 0.252 e. The SMILES string of the molecule is CN=C(NCCNC(=O)c1ccccc1Cl)NCC(C)c1ccc(C)cc1.I. The molecular weight excluding hydrogens is 487 g/mol. The van der Waals surface area contributed by atoms with Crippen LogP contribution in [0.15, 0.2) is 53.5 Å². The third-order valence-electron chi connectivity index (χ3n) is 4.27. The van der Waals surface area contributed by atoms with Gasteiger partial charge in [0.05, 0.1) is 10.6 Å². The van der Waals surface area contributed by atoms with Crippen molar-refractivity contribution in [1.29, 1.82) is 0 Å². The normalized spacial score (nSPS) is 11.9. The Labute approximate surface area is 189 Å². The summed E-state index contributed by atoms with van der Waals surface area (Å²) in [5.41, 5.74) is 3.03. The summed E-state index contributed by atoms with van der Waals surface area (Å²) in [5.74, 6) is 0.892. The van der Waals surface area contributed by atoms with E-state index in [0.717, 1.165) is 6.54 Å². The summed E-state index contributed by atoms with van der Waals surface area (Å²) in [6.45, 7) is 6.07. The highest BCUT2D eigenvalue weighted by Gasteiger charge is 2.09. The van der Waals surface area contributed by atoms with E-state index >= 15 is 0 Å². The predicted octanol–water partition coefficient (Wildman–Crippen LogP) is 3.96. The third kappa shape index (κ3) is 7.67. The molecule has 1 atom stereocenters. The lowest BCUT2D eigenvalue weighted by Gasteiger charge is -2.17. The molecule has 3 N–H and O–H groups in total. The molecule has 0 heterocycles. The minimum atomic E-state index is -0.182. The molecule has 152 valence electrons. The van der Waals surface area contributed by atoms with Crippen molar-refractivity contribution in [3.63, 3.8) is 0 Å². The van der Waals surface area contributed by atoms with Gasteiger partial charge in [0.2, 0.25) is 0 Å². The number of hydrogen-bond donors (Lipinski definition) is 3. The molecule has 0 aliphatic rings. The number of aryl methyl sites for hydroxylation is 1. The first-order chi connectivity index (χ1) is 13.0. The van der Waals surface area contributed by atoms with E-state index in [1.54, 1.807) is 31.3 Å². The number of guanidine groups is 1. The van der Waals surface area contributed by atoms with E-state index in [1.165, 1.54) is 11.1 Å². The van der Waals surface area contributed by atoms with Crippen molar-refractivity contribution >= 4 is 47.4 Å². The first-order valence-electron chi connectivity index (χ1n) is 9.05. The van der Waals surface area contributed by atoms with Gasteiger partial charge < -0.3 is 16.0 Å². The molecule has 0 radical (unpaired) electrons. The van der Waals surface area contributed by atoms with Crippen LogP contribution in [-0.4, -0.2) is 38.5 Å². The van der Waals surface area contributed by atoms with Crippen molar-refractivity contribution in [2.45, 2.75) is 19.8 Å². The number of benzene rings is 2. The first kappa shape index (κ1) is 24.2. The summed E-state index contributed by atoms with van der Waals surface area (Å²) in [6, 6.07) is 15.6. The molecule has 2 aromatic carbocycles. The summed E-state index contributed by atoms with van der Waals surface area (Å²) in [4.78, 5) is 16.3. The minimum Gasteiger partial charge on any atom is -0.356 e. The van der Waals surface area contributed by atoms with Gasteiger partial charge in [-0.25, -0.2) is 0 Å². The van der Waals surface area contributed by atoms with Crippen LogP contribution in [0.2, 0.25) is 5.02 Å². The summed E-state index contributed by atoms with van der Waals surface area (Å²) in [7, 11) is 1.73. The van der Waals surface area contributed by atoms with Crippen LogP contribution < -0.4 is 16.0 Å². The fourth-order valence-electron chi connectivity index (χ4n) is 2.58. The topological polar surface area (TPSA) is 65.5 Å². The van der Waals surface area contributed by atoms with Gasteiger partial charge in [-0.3, -0.25) is 9.79 Å². The van der Waals surface area contributed by atoms with Gasteiger partial charge in [-0.05, 0) is 30.5 Å². The molecule has 0 aliphatic heterocycles. The van der Waals surface area contributed by atoms with E-state index in [4.69, 9.17) is 11.6 Å². The second kappa shape index (κ2) is 12.6. The van der Waals surface area contributed by atoms with E-state index in [9.17, 15) is 4.79 Å². The monoisotopic (exact) mass is 514 g/mol. The number of rotatable bonds is 7. The lowest BCUT2D eigenvalue weighted by Crippen LogP contribution is -2.42. The highest BCUT2D eigenvalue weighted by Crippen LogP contribution is 2.15. The molecule has 2 rings (SSSR count). The summed E-state index contributed by atoms with van der Waals surface area (Å²) in [6.07, 6.45) is 0. The Bertz CT molecular complexity index is 780. The molecule has 5 nitrogen and oxygen atoms in total. The number of nitrogens with zero attached hydrogens (tertiary/aromatic N) is 1. The standard InChI is InChI=1S/C21H27ClN4O.HI/c1-15-8-10-17(11-9-15)16(2)14-26-21(23-3)25-13-12-24-20(27)18-6-4-5-7-19(18)22;/h4-11,16H,12-14H2,1-3H3,(H,24,27)(H2,23,25,26);1H. The van der Waals surface area contributed by atoms with Crippen molar-refractivity contribution in [1.82, 2.24) is 16.0 Å². The Morgan fingerprint density at radius 3 is 2.32 bits per heavy atom. The zero-order chi connectivity index (χ0) is 19.6. The van der Waals surface area contributed by atoms with Crippen molar-refractivity contribution < 1.29 is 4.79 Å². The Morgan fingerprint density at radius 2 is 1.68 bits per heavy atom. The molecule has 7 heteroatoms. The molecule has 0 bridgehead atoms. The van der Waals surface area contributed by atoms with Gasteiger partial charge in [0.15, 0.2) is 5.96 Å². The summed E-state index contributed by atoms with van der Waals surface area (Å²) < 4.78 is 0. The number of amides is 1. The quantitative estimate of drug-likeness (QED) is 0.227. The van der Waals surface area contributed by atoms with E-state index in [0.29, 0.717) is 35.6 Å². The van der Waals surface area contributed by atoms with E-state index < -0.39 is 0 Å². The first-order valence-corrected chi connectivity index (χ1v) is 9.43. The number of carbonyl (C=O) groups is 1. The number of carbonyl (C=O) groups excluding carboxylic acids is 1. The second-order valence-electron chi connectivity index (χ2n) is 6.43. The maximum atomic E-state index is 12.1. The van der Waals surface area contributed by atoms with Crippen molar-refractivity contribution in [3.05, 3.63) is 70.2 Å². The third-order valence-corrected chi connectivity index (χ3v) is 4.60. The molecule has 28 heavy (non-hydrogen) atoms. The maximum absolute atomic E-state index is 12.1. The van der Waals surface area contributed by atoms with Gasteiger partial charge in [0, 0.05) is 26.7 Å². The predicted molar refractivity (Wildman–Crippen MR) is 128 cm³/mol. The van der Waals surface area contributed by atoms with Gasteiger partial charge >= 0.3 is 0 Å². The minimum absolute atomic E-state index is 0. The number of halogens is 2. The van der Waals surface area contributed by atoms with Crippen LogP contribution in [-0.2, 0) is 0 Å². The van der Waals surface area contributed by atoms with E-state index in [1.807, 2.05) is 0 Å². The fraction of sp³-hybridized carbons (Fsp3) is 0.333. The average molecular weight is 515 g/mol. The Morgan fingerprint density at radius 1 is 1.04 bits per heavy atom. The van der Waals surface area contributed by atoms with Crippen LogP contribution in [0.4, 0.5) is 0 Å². The smallest absolute Gasteiger partial charge is 0.252 e. The highest BCUT2D eigenvalue weighted by atomic mass is 127. The molecule has 0 aliphatic carbocycles. The van der Waals surface area contributed by atoms with Gasteiger partial charge in [0.1, 0.15) is 0 Å². The van der Waals surface area contributed by atoms with Crippen LogP contribution >= 0.6 is 35.6 Å². The lowest BCUT2D eigenvalue weighted by molar-refractivity contribution is 0.0954. The van der Waals surface area contributed by atoms with Gasteiger partial charge in [-0.2, -0.15) is 0 Å². The summed E-state index contributed by atoms with van der Waals surface area (Å²) in [5, 5.41) is 9.81. The van der Waals surface area contributed by atoms with Crippen molar-refractivity contribution in [2.75, 3.05) is 26.7 Å². The molecule has 0 fully saturated rings. The molecule has 0 saturated carbocycles. The van der Waals surface area contributed by atoms with Gasteiger partial charge in [-0.1, -0.05) is 60.5 Å². The second-order valence-corrected chi connectivity index (χ2v) is 6.83. The van der Waals surface area contributed by atoms with Crippen molar-refractivity contribution in [2.24, 2.45) is 4.99 Å². The lowest BCUT2D eigenvalue weighted by atomic mass is 10.0. The van der Waals surface area contributed by atoms with Crippen LogP contribution in [0.3, 0.4) is 0 Å². The highest BCUT2D eigenvalue weighted by molar-refractivity contribution is 14.0. The fourth-order valence-corrected chi connectivity index (χ4v) is 2.80. The number of hydrogen-bond acceptors (Lipinski definition) is 2. The number of aliphatic imine (C=N–C) groups is 1. The Kier molecular flexibility index (Phi) is 10.9. The van der Waals surface area contributed by atoms with Crippen LogP contribution in [0, 0.1) is 6.92 Å². The van der Waals surface area contributed by atoms with Crippen molar-refractivity contribution in [3.8, 4) is 0 Å².